The molecule has 1 N–H and O–H groups in total. The molecule has 6 heteroatoms. The summed E-state index contributed by atoms with van der Waals surface area (Å²) < 4.78 is 11.7. The van der Waals surface area contributed by atoms with Crippen LogP contribution in [-0.4, -0.2) is 18.7 Å². The lowest BCUT2D eigenvalue weighted by molar-refractivity contribution is 0.0955. The Morgan fingerprint density at radius 2 is 1.80 bits per heavy atom. The van der Waals surface area contributed by atoms with Crippen LogP contribution < -0.4 is 14.9 Å². The van der Waals surface area contributed by atoms with Crippen molar-refractivity contribution in [2.24, 2.45) is 5.10 Å². The first-order valence-corrected chi connectivity index (χ1v) is 9.97. The maximum atomic E-state index is 12.1. The van der Waals surface area contributed by atoms with Gasteiger partial charge >= 0.3 is 0 Å². The molecule has 0 aliphatic carbocycles. The van der Waals surface area contributed by atoms with Crippen molar-refractivity contribution in [1.29, 1.82) is 0 Å². The minimum atomic E-state index is -0.314. The van der Waals surface area contributed by atoms with Gasteiger partial charge in [-0.25, -0.2) is 5.43 Å². The van der Waals surface area contributed by atoms with Crippen LogP contribution in [0.4, 0.5) is 0 Å². The van der Waals surface area contributed by atoms with Gasteiger partial charge in [0.2, 0.25) is 0 Å². The second-order valence-corrected chi connectivity index (χ2v) is 7.00. The minimum Gasteiger partial charge on any atom is -0.490 e. The Morgan fingerprint density at radius 3 is 2.53 bits per heavy atom. The maximum Gasteiger partial charge on any atom is 0.271 e. The van der Waals surface area contributed by atoms with E-state index in [0.717, 1.165) is 11.1 Å². The number of carbonyl (C=O) groups is 1. The fraction of sp³-hybridized carbons (Fsp3) is 0.167. The first kappa shape index (κ1) is 21.4. The zero-order chi connectivity index (χ0) is 21.3. The number of carbonyl (C=O) groups excluding carboxylic acids is 1. The molecule has 0 saturated carbocycles. The van der Waals surface area contributed by atoms with Gasteiger partial charge in [0.1, 0.15) is 6.61 Å². The summed E-state index contributed by atoms with van der Waals surface area (Å²) in [4.78, 5) is 12.1. The fourth-order valence-electron chi connectivity index (χ4n) is 2.75. The molecule has 154 valence electrons. The molecule has 0 fully saturated rings. The van der Waals surface area contributed by atoms with Crippen molar-refractivity contribution in [1.82, 2.24) is 5.43 Å². The van der Waals surface area contributed by atoms with Gasteiger partial charge in [-0.05, 0) is 73.0 Å². The summed E-state index contributed by atoms with van der Waals surface area (Å²) in [5, 5.41) is 4.59. The highest BCUT2D eigenvalue weighted by Crippen LogP contribution is 2.29. The molecule has 1 amide bonds. The predicted octanol–water partition coefficient (Wildman–Crippen LogP) is 5.39. The second-order valence-electron chi connectivity index (χ2n) is 6.56. The van der Waals surface area contributed by atoms with Crippen LogP contribution >= 0.6 is 11.6 Å². The van der Waals surface area contributed by atoms with Crippen LogP contribution in [0.25, 0.3) is 0 Å². The molecule has 3 aromatic rings. The summed E-state index contributed by atoms with van der Waals surface area (Å²) in [6.45, 7) is 4.93. The summed E-state index contributed by atoms with van der Waals surface area (Å²) in [5.74, 6) is 0.965. The van der Waals surface area contributed by atoms with Crippen LogP contribution in [-0.2, 0) is 6.61 Å². The first-order valence-electron chi connectivity index (χ1n) is 9.60. The number of ether oxygens (including phenoxy) is 2. The van der Waals surface area contributed by atoms with Gasteiger partial charge in [0.25, 0.3) is 5.91 Å². The zero-order valence-corrected chi connectivity index (χ0v) is 17.6. The van der Waals surface area contributed by atoms with Gasteiger partial charge in [-0.2, -0.15) is 5.10 Å². The molecule has 3 aromatic carbocycles. The van der Waals surface area contributed by atoms with Gasteiger partial charge in [0, 0.05) is 10.6 Å². The number of amides is 1. The molecule has 0 saturated heterocycles. The number of hydrazone groups is 1. The number of hydrogen-bond acceptors (Lipinski definition) is 4. The Labute approximate surface area is 181 Å². The van der Waals surface area contributed by atoms with Crippen molar-refractivity contribution in [3.63, 3.8) is 0 Å². The lowest BCUT2D eigenvalue weighted by Gasteiger charge is -2.13. The number of rotatable bonds is 8. The van der Waals surface area contributed by atoms with E-state index in [0.29, 0.717) is 35.3 Å². The smallest absolute Gasteiger partial charge is 0.271 e. The van der Waals surface area contributed by atoms with Crippen molar-refractivity contribution in [2.45, 2.75) is 20.5 Å². The number of nitrogens with zero attached hydrogens (tertiary/aromatic N) is 1. The van der Waals surface area contributed by atoms with E-state index in [4.69, 9.17) is 21.1 Å². The standard InChI is InChI=1S/C24H23ClN2O3/c1-3-29-23-14-18(15-26-27-24(28)19-9-11-21(25)12-10-19)8-13-22(23)30-16-20-7-5-4-6-17(20)2/h4-15H,3,16H2,1-2H3,(H,27,28)/b26-15-. The molecule has 5 nitrogen and oxygen atoms in total. The molecule has 30 heavy (non-hydrogen) atoms. The van der Waals surface area contributed by atoms with Crippen molar-refractivity contribution in [2.75, 3.05) is 6.61 Å². The largest absolute Gasteiger partial charge is 0.490 e. The summed E-state index contributed by atoms with van der Waals surface area (Å²) in [6.07, 6.45) is 1.56. The van der Waals surface area contributed by atoms with E-state index < -0.39 is 0 Å². The van der Waals surface area contributed by atoms with E-state index >= 15 is 0 Å². The Hall–Kier alpha value is -3.31. The Bertz CT molecular complexity index is 1030. The van der Waals surface area contributed by atoms with Crippen LogP contribution in [0, 0.1) is 6.92 Å². The average Bonchev–Trinajstić information content (AvgIpc) is 2.75. The maximum absolute atomic E-state index is 12.1. The van der Waals surface area contributed by atoms with Gasteiger partial charge in [0.05, 0.1) is 12.8 Å². The quantitative estimate of drug-likeness (QED) is 0.391. The molecular formula is C24H23ClN2O3. The van der Waals surface area contributed by atoms with Crippen molar-refractivity contribution < 1.29 is 14.3 Å². The molecule has 0 atom stereocenters. The van der Waals surface area contributed by atoms with Crippen LogP contribution in [0.15, 0.2) is 71.8 Å². The molecule has 0 heterocycles. The molecule has 0 spiro atoms. The van der Waals surface area contributed by atoms with Gasteiger partial charge in [-0.1, -0.05) is 35.9 Å². The normalized spacial score (nSPS) is 10.8. The lowest BCUT2D eigenvalue weighted by atomic mass is 10.1. The lowest BCUT2D eigenvalue weighted by Crippen LogP contribution is -2.17. The summed E-state index contributed by atoms with van der Waals surface area (Å²) in [6, 6.07) is 20.2. The van der Waals surface area contributed by atoms with Gasteiger partial charge in [-0.3, -0.25) is 4.79 Å². The number of aryl methyl sites for hydroxylation is 1. The monoisotopic (exact) mass is 422 g/mol. The summed E-state index contributed by atoms with van der Waals surface area (Å²) in [7, 11) is 0. The third-order valence-electron chi connectivity index (χ3n) is 4.40. The van der Waals surface area contributed by atoms with E-state index in [-0.39, 0.29) is 5.91 Å². The summed E-state index contributed by atoms with van der Waals surface area (Å²) in [5.41, 5.74) is 6.05. The molecule has 0 aromatic heterocycles. The molecule has 0 unspecified atom stereocenters. The third-order valence-corrected chi connectivity index (χ3v) is 4.65. The van der Waals surface area contributed by atoms with Crippen molar-refractivity contribution in [3.8, 4) is 11.5 Å². The summed E-state index contributed by atoms with van der Waals surface area (Å²) >= 11 is 5.84. The second kappa shape index (κ2) is 10.5. The van der Waals surface area contributed by atoms with Crippen LogP contribution in [0.1, 0.15) is 34.0 Å². The van der Waals surface area contributed by atoms with E-state index in [1.165, 1.54) is 5.56 Å². The SMILES string of the molecule is CCOc1cc(/C=N\NC(=O)c2ccc(Cl)cc2)ccc1OCc1ccccc1C. The van der Waals surface area contributed by atoms with E-state index in [2.05, 4.69) is 23.5 Å². The fourth-order valence-corrected chi connectivity index (χ4v) is 2.88. The topological polar surface area (TPSA) is 59.9 Å². The van der Waals surface area contributed by atoms with E-state index in [1.807, 2.05) is 43.3 Å². The minimum absolute atomic E-state index is 0.314. The zero-order valence-electron chi connectivity index (χ0n) is 16.9. The van der Waals surface area contributed by atoms with Crippen molar-refractivity contribution >= 4 is 23.7 Å². The highest BCUT2D eigenvalue weighted by molar-refractivity contribution is 6.30. The van der Waals surface area contributed by atoms with Gasteiger partial charge in [-0.15, -0.1) is 0 Å². The molecule has 0 aliphatic rings. The number of hydrogen-bond donors (Lipinski definition) is 1. The van der Waals surface area contributed by atoms with E-state index in [9.17, 15) is 4.79 Å². The Morgan fingerprint density at radius 1 is 1.03 bits per heavy atom. The van der Waals surface area contributed by atoms with Crippen LogP contribution in [0.5, 0.6) is 11.5 Å². The molecule has 3 rings (SSSR count). The molecular weight excluding hydrogens is 400 g/mol. The molecule has 0 bridgehead atoms. The predicted molar refractivity (Wildman–Crippen MR) is 120 cm³/mol. The van der Waals surface area contributed by atoms with Crippen molar-refractivity contribution in [3.05, 3.63) is 94.0 Å². The number of nitrogens with one attached hydrogen (secondary N) is 1. The molecule has 0 aliphatic heterocycles. The Kier molecular flexibility index (Phi) is 7.46. The third kappa shape index (κ3) is 5.84. The highest BCUT2D eigenvalue weighted by atomic mass is 35.5. The van der Waals surface area contributed by atoms with Crippen LogP contribution in [0.2, 0.25) is 5.02 Å². The Balaban J connectivity index is 1.66. The van der Waals surface area contributed by atoms with Gasteiger partial charge < -0.3 is 9.47 Å². The highest BCUT2D eigenvalue weighted by Gasteiger charge is 2.08. The number of benzene rings is 3. The molecule has 0 radical (unpaired) electrons. The van der Waals surface area contributed by atoms with E-state index in [1.54, 1.807) is 30.5 Å². The number of halogens is 1. The van der Waals surface area contributed by atoms with Gasteiger partial charge in [0.15, 0.2) is 11.5 Å². The first-order chi connectivity index (χ1) is 14.6. The van der Waals surface area contributed by atoms with Crippen LogP contribution in [0.3, 0.4) is 0 Å². The average molecular weight is 423 g/mol.